The Bertz CT molecular complexity index is 197. The second-order valence-corrected chi connectivity index (χ2v) is 3.18. The first-order valence-electron chi connectivity index (χ1n) is 4.71. The molecule has 1 aliphatic carbocycles. The zero-order valence-corrected chi connectivity index (χ0v) is 7.84. The van der Waals surface area contributed by atoms with E-state index in [4.69, 9.17) is 0 Å². The predicted molar refractivity (Wildman–Crippen MR) is 47.0 cm³/mol. The maximum atomic E-state index is 11.1. The predicted octanol–water partition coefficient (Wildman–Crippen LogP) is 0.608. The molecule has 1 amide bonds. The Balaban J connectivity index is 2.27. The molecule has 1 fully saturated rings. The van der Waals surface area contributed by atoms with Crippen molar-refractivity contribution in [1.82, 2.24) is 5.32 Å². The van der Waals surface area contributed by atoms with Crippen molar-refractivity contribution in [2.75, 3.05) is 6.61 Å². The third kappa shape index (κ3) is 3.05. The van der Waals surface area contributed by atoms with Crippen molar-refractivity contribution >= 4 is 11.9 Å². The fourth-order valence-corrected chi connectivity index (χ4v) is 1.51. The summed E-state index contributed by atoms with van der Waals surface area (Å²) in [6, 6.07) is 0.178. The van der Waals surface area contributed by atoms with E-state index in [1.165, 1.54) is 0 Å². The van der Waals surface area contributed by atoms with Gasteiger partial charge in [-0.2, -0.15) is 0 Å². The molecular formula is C9H15NO3. The topological polar surface area (TPSA) is 55.4 Å². The van der Waals surface area contributed by atoms with Gasteiger partial charge in [-0.1, -0.05) is 12.8 Å². The Morgan fingerprint density at radius 2 is 2.00 bits per heavy atom. The molecule has 0 spiro atoms. The van der Waals surface area contributed by atoms with Crippen LogP contribution >= 0.6 is 0 Å². The number of amides is 1. The molecule has 1 aliphatic rings. The Morgan fingerprint density at radius 3 is 2.54 bits per heavy atom. The highest BCUT2D eigenvalue weighted by atomic mass is 16.5. The summed E-state index contributed by atoms with van der Waals surface area (Å²) in [4.78, 5) is 22.0. The molecule has 4 heteroatoms. The molecule has 0 aromatic heterocycles. The average Bonchev–Trinajstić information content (AvgIpc) is 2.57. The van der Waals surface area contributed by atoms with Gasteiger partial charge in [0.2, 0.25) is 0 Å². The van der Waals surface area contributed by atoms with Crippen molar-refractivity contribution in [2.45, 2.75) is 38.6 Å². The molecule has 1 rings (SSSR count). The van der Waals surface area contributed by atoms with Gasteiger partial charge < -0.3 is 10.1 Å². The lowest BCUT2D eigenvalue weighted by molar-refractivity contribution is -0.154. The molecule has 0 heterocycles. The van der Waals surface area contributed by atoms with E-state index in [1.807, 2.05) is 0 Å². The Morgan fingerprint density at radius 1 is 1.38 bits per heavy atom. The monoisotopic (exact) mass is 185 g/mol. The number of hydrogen-bond acceptors (Lipinski definition) is 3. The van der Waals surface area contributed by atoms with Crippen molar-refractivity contribution in [3.63, 3.8) is 0 Å². The third-order valence-electron chi connectivity index (χ3n) is 2.15. The maximum Gasteiger partial charge on any atom is 0.396 e. The quantitative estimate of drug-likeness (QED) is 0.506. The van der Waals surface area contributed by atoms with Gasteiger partial charge in [0.15, 0.2) is 0 Å². The Kier molecular flexibility index (Phi) is 3.73. The number of hydrogen-bond donors (Lipinski definition) is 1. The average molecular weight is 185 g/mol. The summed E-state index contributed by atoms with van der Waals surface area (Å²) < 4.78 is 4.56. The molecule has 0 aliphatic heterocycles. The van der Waals surface area contributed by atoms with Crippen LogP contribution < -0.4 is 5.32 Å². The lowest BCUT2D eigenvalue weighted by Gasteiger charge is -2.10. The van der Waals surface area contributed by atoms with Crippen LogP contribution in [0, 0.1) is 0 Å². The maximum absolute atomic E-state index is 11.1. The van der Waals surface area contributed by atoms with Gasteiger partial charge in [-0.15, -0.1) is 0 Å². The van der Waals surface area contributed by atoms with Crippen molar-refractivity contribution in [2.24, 2.45) is 0 Å². The lowest BCUT2D eigenvalue weighted by Crippen LogP contribution is -2.38. The van der Waals surface area contributed by atoms with Crippen LogP contribution in [0.4, 0.5) is 0 Å². The third-order valence-corrected chi connectivity index (χ3v) is 2.15. The molecule has 0 aromatic carbocycles. The molecule has 0 bridgehead atoms. The SMILES string of the molecule is CCOC(=O)C(=O)NC1CCCC1. The number of carbonyl (C=O) groups is 2. The van der Waals surface area contributed by atoms with Crippen LogP contribution in [0.15, 0.2) is 0 Å². The van der Waals surface area contributed by atoms with Gasteiger partial charge in [0.1, 0.15) is 0 Å². The summed E-state index contributed by atoms with van der Waals surface area (Å²) in [5.41, 5.74) is 0. The van der Waals surface area contributed by atoms with E-state index >= 15 is 0 Å². The summed E-state index contributed by atoms with van der Waals surface area (Å²) in [5, 5.41) is 2.65. The second-order valence-electron chi connectivity index (χ2n) is 3.18. The van der Waals surface area contributed by atoms with Gasteiger partial charge in [-0.05, 0) is 19.8 Å². The van der Waals surface area contributed by atoms with E-state index in [0.717, 1.165) is 25.7 Å². The molecule has 0 saturated heterocycles. The molecule has 74 valence electrons. The van der Waals surface area contributed by atoms with E-state index < -0.39 is 11.9 Å². The molecule has 0 radical (unpaired) electrons. The second kappa shape index (κ2) is 4.84. The number of rotatable bonds is 2. The fourth-order valence-electron chi connectivity index (χ4n) is 1.51. The minimum Gasteiger partial charge on any atom is -0.459 e. The van der Waals surface area contributed by atoms with Gasteiger partial charge in [-0.3, -0.25) is 4.79 Å². The lowest BCUT2D eigenvalue weighted by atomic mass is 10.2. The van der Waals surface area contributed by atoms with E-state index in [-0.39, 0.29) is 12.6 Å². The van der Waals surface area contributed by atoms with Gasteiger partial charge in [-0.25, -0.2) is 4.79 Å². The largest absolute Gasteiger partial charge is 0.459 e. The summed E-state index contributed by atoms with van der Waals surface area (Å²) in [5.74, 6) is -1.37. The molecular weight excluding hydrogens is 170 g/mol. The zero-order valence-electron chi connectivity index (χ0n) is 7.84. The van der Waals surface area contributed by atoms with Crippen molar-refractivity contribution < 1.29 is 14.3 Å². The molecule has 13 heavy (non-hydrogen) atoms. The number of esters is 1. The Labute approximate surface area is 77.6 Å². The van der Waals surface area contributed by atoms with E-state index in [0.29, 0.717) is 0 Å². The molecule has 1 N–H and O–H groups in total. The normalized spacial score (nSPS) is 17.0. The number of carbonyl (C=O) groups excluding carboxylic acids is 2. The summed E-state index contributed by atoms with van der Waals surface area (Å²) in [7, 11) is 0. The highest BCUT2D eigenvalue weighted by Crippen LogP contribution is 2.17. The molecule has 1 saturated carbocycles. The van der Waals surface area contributed by atoms with Crippen LogP contribution in [-0.4, -0.2) is 24.5 Å². The Hall–Kier alpha value is -1.06. The highest BCUT2D eigenvalue weighted by Gasteiger charge is 2.21. The van der Waals surface area contributed by atoms with E-state index in [2.05, 4.69) is 10.1 Å². The minimum absolute atomic E-state index is 0.178. The molecule has 0 unspecified atom stereocenters. The number of ether oxygens (including phenoxy) is 1. The van der Waals surface area contributed by atoms with Gasteiger partial charge in [0.25, 0.3) is 0 Å². The van der Waals surface area contributed by atoms with Crippen molar-refractivity contribution in [1.29, 1.82) is 0 Å². The van der Waals surface area contributed by atoms with Crippen LogP contribution in [0.25, 0.3) is 0 Å². The summed E-state index contributed by atoms with van der Waals surface area (Å²) in [6.07, 6.45) is 4.22. The number of nitrogens with one attached hydrogen (secondary N) is 1. The van der Waals surface area contributed by atoms with Gasteiger partial charge >= 0.3 is 11.9 Å². The van der Waals surface area contributed by atoms with Crippen LogP contribution in [0.5, 0.6) is 0 Å². The molecule has 4 nitrogen and oxygen atoms in total. The minimum atomic E-state index is -0.769. The fraction of sp³-hybridized carbons (Fsp3) is 0.778. The summed E-state index contributed by atoms with van der Waals surface area (Å²) in [6.45, 7) is 1.93. The first kappa shape index (κ1) is 10.0. The smallest absolute Gasteiger partial charge is 0.396 e. The highest BCUT2D eigenvalue weighted by molar-refractivity contribution is 6.32. The van der Waals surface area contributed by atoms with Crippen LogP contribution in [0.1, 0.15) is 32.6 Å². The van der Waals surface area contributed by atoms with Crippen molar-refractivity contribution in [3.8, 4) is 0 Å². The van der Waals surface area contributed by atoms with Crippen LogP contribution in [0.3, 0.4) is 0 Å². The van der Waals surface area contributed by atoms with Crippen LogP contribution in [-0.2, 0) is 14.3 Å². The zero-order chi connectivity index (χ0) is 9.68. The van der Waals surface area contributed by atoms with Crippen molar-refractivity contribution in [3.05, 3.63) is 0 Å². The molecule has 0 aromatic rings. The van der Waals surface area contributed by atoms with E-state index in [1.54, 1.807) is 6.92 Å². The van der Waals surface area contributed by atoms with Gasteiger partial charge in [0.05, 0.1) is 6.61 Å². The van der Waals surface area contributed by atoms with Gasteiger partial charge in [0, 0.05) is 6.04 Å². The van der Waals surface area contributed by atoms with Crippen LogP contribution in [0.2, 0.25) is 0 Å². The van der Waals surface area contributed by atoms with E-state index in [9.17, 15) is 9.59 Å². The first-order valence-corrected chi connectivity index (χ1v) is 4.71. The molecule has 0 atom stereocenters. The first-order chi connectivity index (χ1) is 6.24. The summed E-state index contributed by atoms with van der Waals surface area (Å²) >= 11 is 0. The standard InChI is InChI=1S/C9H15NO3/c1-2-13-9(12)8(11)10-7-5-3-4-6-7/h7H,2-6H2,1H3,(H,10,11).